The van der Waals surface area contributed by atoms with E-state index in [9.17, 15) is 10.5 Å². The average molecular weight is 661 g/mol. The van der Waals surface area contributed by atoms with Gasteiger partial charge in [-0.05, 0) is 13.8 Å². The molecule has 0 atom stereocenters. The van der Waals surface area contributed by atoms with E-state index in [2.05, 4.69) is 56.3 Å². The Balaban J connectivity index is 1.38. The molecule has 0 bridgehead atoms. The smallest absolute Gasteiger partial charge is 0.171 e. The Bertz CT molecular complexity index is 2030. The van der Waals surface area contributed by atoms with Gasteiger partial charge in [0.1, 0.15) is 23.6 Å². The summed E-state index contributed by atoms with van der Waals surface area (Å²) >= 11 is 0. The Morgan fingerprint density at radius 2 is 0.800 bits per heavy atom. The van der Waals surface area contributed by atoms with Crippen molar-refractivity contribution in [2.75, 3.05) is 0 Å². The highest BCUT2D eigenvalue weighted by Gasteiger charge is 2.22. The number of rotatable bonds is 12. The van der Waals surface area contributed by atoms with Gasteiger partial charge in [-0.2, -0.15) is 10.5 Å². The molecule has 0 saturated heterocycles. The van der Waals surface area contributed by atoms with E-state index in [4.69, 9.17) is 9.47 Å². The standard InChI is InChI=1S/C38H32N10O2/c1-27-11-31(19-45-7-3-41-23-45)37(32(12-27)20-46-8-4-42-24-46)49-35-15-29(17-39)30(18-40)16-36(35)50-38-33(21-47-9-5-43-25-47)13-28(2)14-34(38)22-48-10-6-44-26-48/h3-16,23-26H,19-22H2,1-2H3. The van der Waals surface area contributed by atoms with Crippen LogP contribution in [0, 0.1) is 36.5 Å². The summed E-state index contributed by atoms with van der Waals surface area (Å²) in [4.78, 5) is 16.9. The van der Waals surface area contributed by atoms with Gasteiger partial charge in [-0.3, -0.25) is 0 Å². The Morgan fingerprint density at radius 3 is 1.04 bits per heavy atom. The first-order valence-electron chi connectivity index (χ1n) is 15.9. The number of hydrogen-bond acceptors (Lipinski definition) is 8. The van der Waals surface area contributed by atoms with Crippen molar-refractivity contribution in [3.8, 4) is 35.1 Å². The van der Waals surface area contributed by atoms with Crippen molar-refractivity contribution in [1.29, 1.82) is 10.5 Å². The van der Waals surface area contributed by atoms with E-state index in [-0.39, 0.29) is 11.1 Å². The summed E-state index contributed by atoms with van der Waals surface area (Å²) in [5.74, 6) is 1.81. The maximum absolute atomic E-state index is 10.1. The van der Waals surface area contributed by atoms with Crippen LogP contribution in [0.5, 0.6) is 23.0 Å². The summed E-state index contributed by atoms with van der Waals surface area (Å²) in [7, 11) is 0. The molecule has 12 nitrogen and oxygen atoms in total. The highest BCUT2D eigenvalue weighted by atomic mass is 16.5. The number of benzene rings is 3. The Kier molecular flexibility index (Phi) is 8.90. The number of ether oxygens (including phenoxy) is 2. The molecule has 0 amide bonds. The summed E-state index contributed by atoms with van der Waals surface area (Å²) in [5, 5.41) is 20.2. The molecule has 0 unspecified atom stereocenters. The fourth-order valence-corrected chi connectivity index (χ4v) is 6.02. The summed E-state index contributed by atoms with van der Waals surface area (Å²) in [5.41, 5.74) is 6.10. The van der Waals surface area contributed by atoms with E-state index in [1.54, 1.807) is 62.2 Å². The number of aromatic nitrogens is 8. The third kappa shape index (κ3) is 7.00. The van der Waals surface area contributed by atoms with E-state index < -0.39 is 0 Å². The monoisotopic (exact) mass is 660 g/mol. The molecule has 0 aliphatic heterocycles. The molecule has 0 spiro atoms. The minimum atomic E-state index is 0.176. The highest BCUT2D eigenvalue weighted by molar-refractivity contribution is 5.60. The van der Waals surface area contributed by atoms with Crippen molar-refractivity contribution in [2.24, 2.45) is 0 Å². The molecule has 0 aliphatic carbocycles. The lowest BCUT2D eigenvalue weighted by atomic mass is 10.0. The van der Waals surface area contributed by atoms with Crippen LogP contribution >= 0.6 is 0 Å². The lowest BCUT2D eigenvalue weighted by Crippen LogP contribution is -2.08. The Morgan fingerprint density at radius 1 is 0.500 bits per heavy atom. The molecule has 0 fully saturated rings. The van der Waals surface area contributed by atoms with Gasteiger partial charge in [0.2, 0.25) is 0 Å². The maximum Gasteiger partial charge on any atom is 0.171 e. The first kappa shape index (κ1) is 31.7. The third-order valence-electron chi connectivity index (χ3n) is 8.17. The number of imidazole rings is 4. The zero-order valence-electron chi connectivity index (χ0n) is 27.5. The van der Waals surface area contributed by atoms with E-state index in [1.165, 1.54) is 0 Å². The quantitative estimate of drug-likeness (QED) is 0.143. The van der Waals surface area contributed by atoms with Gasteiger partial charge in [-0.1, -0.05) is 35.4 Å². The molecule has 0 saturated carbocycles. The van der Waals surface area contributed by atoms with Gasteiger partial charge in [0.25, 0.3) is 0 Å². The van der Waals surface area contributed by atoms with Crippen molar-refractivity contribution >= 4 is 0 Å². The van der Waals surface area contributed by atoms with Crippen molar-refractivity contribution in [2.45, 2.75) is 40.0 Å². The van der Waals surface area contributed by atoms with Gasteiger partial charge >= 0.3 is 0 Å². The number of hydrogen-bond donors (Lipinski definition) is 0. The zero-order valence-corrected chi connectivity index (χ0v) is 27.5. The molecule has 12 heteroatoms. The molecule has 7 rings (SSSR count). The van der Waals surface area contributed by atoms with Gasteiger partial charge < -0.3 is 27.7 Å². The van der Waals surface area contributed by atoms with Gasteiger partial charge in [-0.15, -0.1) is 0 Å². The second kappa shape index (κ2) is 14.1. The van der Waals surface area contributed by atoms with E-state index in [0.717, 1.165) is 33.4 Å². The fourth-order valence-electron chi connectivity index (χ4n) is 6.02. The van der Waals surface area contributed by atoms with Crippen LogP contribution in [-0.4, -0.2) is 38.2 Å². The van der Waals surface area contributed by atoms with Crippen LogP contribution < -0.4 is 9.47 Å². The van der Waals surface area contributed by atoms with Crippen LogP contribution in [0.4, 0.5) is 0 Å². The topological polar surface area (TPSA) is 137 Å². The Labute approximate surface area is 288 Å². The predicted molar refractivity (Wildman–Crippen MR) is 184 cm³/mol. The largest absolute Gasteiger partial charge is 0.453 e. The van der Waals surface area contributed by atoms with Crippen molar-refractivity contribution in [3.63, 3.8) is 0 Å². The third-order valence-corrected chi connectivity index (χ3v) is 8.17. The SMILES string of the molecule is Cc1cc(Cn2ccnc2)c(Oc2cc(C#N)c(C#N)cc2Oc2c(Cn3ccnc3)cc(C)cc2Cn2ccnc2)c(Cn2ccnc2)c1. The van der Waals surface area contributed by atoms with Crippen LogP contribution in [0.1, 0.15) is 44.5 Å². The number of aryl methyl sites for hydroxylation is 2. The second-order valence-corrected chi connectivity index (χ2v) is 12.0. The van der Waals surface area contributed by atoms with Gasteiger partial charge in [0.05, 0.1) is 62.6 Å². The summed E-state index contributed by atoms with van der Waals surface area (Å²) in [6.45, 7) is 6.07. The van der Waals surface area contributed by atoms with Gasteiger partial charge in [-0.25, -0.2) is 19.9 Å². The molecule has 50 heavy (non-hydrogen) atoms. The summed E-state index contributed by atoms with van der Waals surface area (Å²) in [6, 6.07) is 15.8. The fraction of sp³-hybridized carbons (Fsp3) is 0.158. The minimum absolute atomic E-state index is 0.176. The normalized spacial score (nSPS) is 10.9. The van der Waals surface area contributed by atoms with Gasteiger partial charge in [0, 0.05) is 84.0 Å². The van der Waals surface area contributed by atoms with Crippen LogP contribution in [0.25, 0.3) is 0 Å². The minimum Gasteiger partial charge on any atom is -0.453 e. The number of nitriles is 2. The van der Waals surface area contributed by atoms with Crippen LogP contribution in [0.15, 0.2) is 111 Å². The molecule has 0 radical (unpaired) electrons. The molecule has 246 valence electrons. The molecule has 3 aromatic carbocycles. The van der Waals surface area contributed by atoms with Crippen LogP contribution in [-0.2, 0) is 26.2 Å². The highest BCUT2D eigenvalue weighted by Crippen LogP contribution is 2.42. The lowest BCUT2D eigenvalue weighted by molar-refractivity contribution is 0.405. The van der Waals surface area contributed by atoms with Gasteiger partial charge in [0.15, 0.2) is 11.5 Å². The van der Waals surface area contributed by atoms with Crippen molar-refractivity contribution in [1.82, 2.24) is 38.2 Å². The van der Waals surface area contributed by atoms with E-state index in [1.807, 2.05) is 56.9 Å². The lowest BCUT2D eigenvalue weighted by Gasteiger charge is -2.22. The molecular weight excluding hydrogens is 628 g/mol. The van der Waals surface area contributed by atoms with E-state index >= 15 is 0 Å². The summed E-state index contributed by atoms with van der Waals surface area (Å²) in [6.07, 6.45) is 21.5. The van der Waals surface area contributed by atoms with Crippen LogP contribution in [0.2, 0.25) is 0 Å². The van der Waals surface area contributed by atoms with Crippen LogP contribution in [0.3, 0.4) is 0 Å². The van der Waals surface area contributed by atoms with E-state index in [0.29, 0.717) is 49.2 Å². The van der Waals surface area contributed by atoms with Crippen molar-refractivity contribution in [3.05, 3.63) is 156 Å². The average Bonchev–Trinajstić information content (AvgIpc) is 3.94. The Hall–Kier alpha value is -6.92. The second-order valence-electron chi connectivity index (χ2n) is 12.0. The number of nitrogens with zero attached hydrogens (tertiary/aromatic N) is 10. The first-order valence-corrected chi connectivity index (χ1v) is 15.9. The maximum atomic E-state index is 10.1. The first-order chi connectivity index (χ1) is 24.4. The molecule has 4 aromatic heterocycles. The zero-order chi connectivity index (χ0) is 34.5. The molecule has 0 N–H and O–H groups in total. The molecule has 4 heterocycles. The molecule has 7 aromatic rings. The molecule has 0 aliphatic rings. The molecular formula is C38H32N10O2. The predicted octanol–water partition coefficient (Wildman–Crippen LogP) is 6.61. The van der Waals surface area contributed by atoms with Crippen molar-refractivity contribution < 1.29 is 9.47 Å². The summed E-state index contributed by atoms with van der Waals surface area (Å²) < 4.78 is 21.6.